The third-order valence-corrected chi connectivity index (χ3v) is 4.48. The van der Waals surface area contributed by atoms with Gasteiger partial charge in [0, 0.05) is 18.4 Å². The minimum absolute atomic E-state index is 0.283. The van der Waals surface area contributed by atoms with Gasteiger partial charge in [-0.1, -0.05) is 30.3 Å². The summed E-state index contributed by atoms with van der Waals surface area (Å²) in [5, 5.41) is 12.0. The van der Waals surface area contributed by atoms with Crippen LogP contribution in [0.15, 0.2) is 67.0 Å². The zero-order chi connectivity index (χ0) is 17.9. The van der Waals surface area contributed by atoms with Gasteiger partial charge in [0.2, 0.25) is 0 Å². The molecule has 0 atom stereocenters. The highest BCUT2D eigenvalue weighted by molar-refractivity contribution is 6.05. The molecule has 1 aliphatic rings. The van der Waals surface area contributed by atoms with Crippen LogP contribution >= 0.6 is 0 Å². The number of pyridine rings is 1. The van der Waals surface area contributed by atoms with Gasteiger partial charge in [0.25, 0.3) is 5.91 Å². The van der Waals surface area contributed by atoms with E-state index in [-0.39, 0.29) is 5.91 Å². The lowest BCUT2D eigenvalue weighted by molar-refractivity contribution is 0.102. The molecule has 1 aromatic heterocycles. The van der Waals surface area contributed by atoms with Gasteiger partial charge in [0.05, 0.1) is 28.7 Å². The van der Waals surface area contributed by atoms with Crippen LogP contribution in [0.2, 0.25) is 0 Å². The number of rotatable bonds is 3. The fraction of sp³-hybridized carbons (Fsp3) is 0.0952. The quantitative estimate of drug-likeness (QED) is 0.785. The minimum Gasteiger partial charge on any atom is -0.340 e. The van der Waals surface area contributed by atoms with Gasteiger partial charge >= 0.3 is 0 Å². The van der Waals surface area contributed by atoms with E-state index in [2.05, 4.69) is 33.4 Å². The van der Waals surface area contributed by atoms with Crippen LogP contribution in [-0.2, 0) is 6.42 Å². The first-order valence-corrected chi connectivity index (χ1v) is 8.37. The molecule has 1 aliphatic heterocycles. The maximum Gasteiger partial charge on any atom is 0.257 e. The number of nitriles is 1. The molecule has 26 heavy (non-hydrogen) atoms. The summed E-state index contributed by atoms with van der Waals surface area (Å²) in [6, 6.07) is 19.1. The summed E-state index contributed by atoms with van der Waals surface area (Å²) in [4.78, 5) is 19.0. The number of nitrogens with one attached hydrogen (secondary N) is 1. The first-order valence-electron chi connectivity index (χ1n) is 8.37. The third kappa shape index (κ3) is 2.89. The molecule has 5 heteroatoms. The average Bonchev–Trinajstić information content (AvgIpc) is 3.12. The molecule has 0 spiro atoms. The normalized spacial score (nSPS) is 12.3. The van der Waals surface area contributed by atoms with Crippen LogP contribution in [0.5, 0.6) is 0 Å². The van der Waals surface area contributed by atoms with Gasteiger partial charge in [-0.2, -0.15) is 5.26 Å². The van der Waals surface area contributed by atoms with E-state index in [0.717, 1.165) is 24.3 Å². The van der Waals surface area contributed by atoms with Crippen molar-refractivity contribution in [3.8, 4) is 6.07 Å². The summed E-state index contributed by atoms with van der Waals surface area (Å²) in [6.07, 6.45) is 4.28. The Kier molecular flexibility index (Phi) is 4.08. The zero-order valence-electron chi connectivity index (χ0n) is 14.0. The van der Waals surface area contributed by atoms with Crippen molar-refractivity contribution in [1.82, 2.24) is 4.98 Å². The molecule has 1 amide bonds. The molecule has 2 aromatic carbocycles. The van der Waals surface area contributed by atoms with E-state index in [4.69, 9.17) is 5.26 Å². The van der Waals surface area contributed by atoms with Gasteiger partial charge < -0.3 is 10.2 Å². The van der Waals surface area contributed by atoms with Gasteiger partial charge in [0.1, 0.15) is 6.07 Å². The van der Waals surface area contributed by atoms with E-state index >= 15 is 0 Å². The number of benzene rings is 2. The van der Waals surface area contributed by atoms with Crippen LogP contribution in [0, 0.1) is 11.3 Å². The highest BCUT2D eigenvalue weighted by Gasteiger charge is 2.21. The predicted octanol–water partition coefficient (Wildman–Crippen LogP) is 3.90. The minimum atomic E-state index is -0.283. The Bertz CT molecular complexity index is 1020. The molecule has 3 aromatic rings. The SMILES string of the molecule is N#Cc1ccccc1NC(=O)c1cncc(N2CCc3ccccc32)c1. The molecule has 126 valence electrons. The molecule has 0 fully saturated rings. The summed E-state index contributed by atoms with van der Waals surface area (Å²) in [7, 11) is 0. The molecule has 0 aliphatic carbocycles. The summed E-state index contributed by atoms with van der Waals surface area (Å²) >= 11 is 0. The standard InChI is InChI=1S/C21H16N4O/c22-12-16-6-1-3-7-19(16)24-21(26)17-11-18(14-23-13-17)25-10-9-15-5-2-4-8-20(15)25/h1-8,11,13-14H,9-10H2,(H,24,26). The lowest BCUT2D eigenvalue weighted by Crippen LogP contribution is -2.17. The van der Waals surface area contributed by atoms with Crippen LogP contribution in [0.3, 0.4) is 0 Å². The number of anilines is 3. The van der Waals surface area contributed by atoms with Crippen LogP contribution in [0.4, 0.5) is 17.1 Å². The van der Waals surface area contributed by atoms with Crippen LogP contribution < -0.4 is 10.2 Å². The van der Waals surface area contributed by atoms with Gasteiger partial charge in [-0.05, 0) is 36.2 Å². The van der Waals surface area contributed by atoms with Crippen molar-refractivity contribution < 1.29 is 4.79 Å². The van der Waals surface area contributed by atoms with Crippen molar-refractivity contribution in [2.24, 2.45) is 0 Å². The molecule has 0 saturated heterocycles. The van der Waals surface area contributed by atoms with E-state index in [1.165, 1.54) is 11.8 Å². The Morgan fingerprint density at radius 2 is 1.92 bits per heavy atom. The number of nitrogens with zero attached hydrogens (tertiary/aromatic N) is 3. The molecule has 1 N–H and O–H groups in total. The fourth-order valence-electron chi connectivity index (χ4n) is 3.19. The number of para-hydroxylation sites is 2. The highest BCUT2D eigenvalue weighted by Crippen LogP contribution is 2.34. The van der Waals surface area contributed by atoms with Crippen molar-refractivity contribution in [3.63, 3.8) is 0 Å². The molecule has 5 nitrogen and oxygen atoms in total. The molecule has 4 rings (SSSR count). The third-order valence-electron chi connectivity index (χ3n) is 4.48. The molecule has 2 heterocycles. The molecule has 0 radical (unpaired) electrons. The number of hydrogen-bond donors (Lipinski definition) is 1. The van der Waals surface area contributed by atoms with E-state index < -0.39 is 0 Å². The number of carbonyl (C=O) groups is 1. The van der Waals surface area contributed by atoms with Crippen LogP contribution in [0.25, 0.3) is 0 Å². The van der Waals surface area contributed by atoms with Crippen molar-refractivity contribution in [3.05, 3.63) is 83.7 Å². The summed E-state index contributed by atoms with van der Waals surface area (Å²) in [5.74, 6) is -0.283. The molecule has 0 bridgehead atoms. The van der Waals surface area contributed by atoms with Crippen molar-refractivity contribution in [1.29, 1.82) is 5.26 Å². The monoisotopic (exact) mass is 340 g/mol. The van der Waals surface area contributed by atoms with E-state index in [9.17, 15) is 4.79 Å². The van der Waals surface area contributed by atoms with E-state index in [1.807, 2.05) is 18.2 Å². The number of amides is 1. The fourth-order valence-corrected chi connectivity index (χ4v) is 3.19. The topological polar surface area (TPSA) is 69.0 Å². The maximum absolute atomic E-state index is 12.6. The van der Waals surface area contributed by atoms with E-state index in [0.29, 0.717) is 16.8 Å². The summed E-state index contributed by atoms with van der Waals surface area (Å²) in [6.45, 7) is 0.864. The molecule has 0 unspecified atom stereocenters. The number of carbonyl (C=O) groups excluding carboxylic acids is 1. The first-order chi connectivity index (χ1) is 12.8. The highest BCUT2D eigenvalue weighted by atomic mass is 16.1. The summed E-state index contributed by atoms with van der Waals surface area (Å²) < 4.78 is 0. The van der Waals surface area contributed by atoms with Gasteiger partial charge in [-0.25, -0.2) is 0 Å². The van der Waals surface area contributed by atoms with Gasteiger partial charge in [-0.15, -0.1) is 0 Å². The zero-order valence-corrected chi connectivity index (χ0v) is 14.0. The molecule has 0 saturated carbocycles. The number of fused-ring (bicyclic) bond motifs is 1. The lowest BCUT2D eigenvalue weighted by Gasteiger charge is -2.19. The second-order valence-electron chi connectivity index (χ2n) is 6.07. The largest absolute Gasteiger partial charge is 0.340 e. The van der Waals surface area contributed by atoms with Crippen LogP contribution in [-0.4, -0.2) is 17.4 Å². The Morgan fingerprint density at radius 1 is 1.12 bits per heavy atom. The maximum atomic E-state index is 12.6. The Hall–Kier alpha value is -3.65. The smallest absolute Gasteiger partial charge is 0.257 e. The van der Waals surface area contributed by atoms with Gasteiger partial charge in [0.15, 0.2) is 0 Å². The van der Waals surface area contributed by atoms with Crippen LogP contribution in [0.1, 0.15) is 21.5 Å². The second kappa shape index (κ2) is 6.69. The Labute approximate surface area is 151 Å². The average molecular weight is 340 g/mol. The molecular weight excluding hydrogens is 324 g/mol. The number of aromatic nitrogens is 1. The lowest BCUT2D eigenvalue weighted by atomic mass is 10.1. The van der Waals surface area contributed by atoms with Gasteiger partial charge in [-0.3, -0.25) is 9.78 Å². The molecular formula is C21H16N4O. The second-order valence-corrected chi connectivity index (χ2v) is 6.07. The Morgan fingerprint density at radius 3 is 2.81 bits per heavy atom. The predicted molar refractivity (Wildman–Crippen MR) is 100 cm³/mol. The number of hydrogen-bond acceptors (Lipinski definition) is 4. The van der Waals surface area contributed by atoms with Crippen molar-refractivity contribution in [2.45, 2.75) is 6.42 Å². The van der Waals surface area contributed by atoms with E-state index in [1.54, 1.807) is 30.5 Å². The van der Waals surface area contributed by atoms with Crippen molar-refractivity contribution >= 4 is 23.0 Å². The summed E-state index contributed by atoms with van der Waals surface area (Å²) in [5.41, 5.74) is 4.72. The van der Waals surface area contributed by atoms with Crippen molar-refractivity contribution in [2.75, 3.05) is 16.8 Å². The Balaban J connectivity index is 1.61. The first kappa shape index (κ1) is 15.9.